The molecule has 0 saturated heterocycles. The molecular weight excluding hydrogens is 204 g/mol. The molecule has 1 N–H and O–H groups in total. The van der Waals surface area contributed by atoms with E-state index < -0.39 is 0 Å². The molecule has 1 amide bonds. The van der Waals surface area contributed by atoms with Gasteiger partial charge in [-0.2, -0.15) is 0 Å². The maximum atomic E-state index is 12.1. The number of nitrogens with zero attached hydrogens (tertiary/aromatic N) is 2. The van der Waals surface area contributed by atoms with Gasteiger partial charge in [-0.15, -0.1) is 0 Å². The second kappa shape index (κ2) is 6.10. The molecule has 16 heavy (non-hydrogen) atoms. The molecule has 0 aliphatic rings. The number of carbonyl (C=O) groups is 1. The number of aromatic hydroxyl groups is 1. The van der Waals surface area contributed by atoms with E-state index in [1.165, 1.54) is 12.4 Å². The van der Waals surface area contributed by atoms with Crippen LogP contribution in [0, 0.1) is 0 Å². The van der Waals surface area contributed by atoms with Gasteiger partial charge in [-0.3, -0.25) is 9.78 Å². The Bertz CT molecular complexity index is 347. The molecule has 88 valence electrons. The van der Waals surface area contributed by atoms with E-state index in [-0.39, 0.29) is 11.7 Å². The quantitative estimate of drug-likeness (QED) is 0.829. The lowest BCUT2D eigenvalue weighted by molar-refractivity contribution is 0.0752. The number of amides is 1. The number of pyridine rings is 1. The maximum Gasteiger partial charge on any atom is 0.257 e. The van der Waals surface area contributed by atoms with Gasteiger partial charge in [-0.05, 0) is 18.9 Å². The highest BCUT2D eigenvalue weighted by Gasteiger charge is 2.17. The monoisotopic (exact) mass is 222 g/mol. The van der Waals surface area contributed by atoms with E-state index >= 15 is 0 Å². The number of aromatic nitrogens is 1. The predicted octanol–water partition coefficient (Wildman–Crippen LogP) is 2.05. The molecule has 0 radical (unpaired) electrons. The third-order valence-corrected chi connectivity index (χ3v) is 2.30. The Morgan fingerprint density at radius 1 is 1.38 bits per heavy atom. The van der Waals surface area contributed by atoms with Crippen molar-refractivity contribution in [2.24, 2.45) is 0 Å². The van der Waals surface area contributed by atoms with Gasteiger partial charge in [0, 0.05) is 19.3 Å². The minimum absolute atomic E-state index is 0.0512. The van der Waals surface area contributed by atoms with Crippen LogP contribution in [0.15, 0.2) is 18.5 Å². The second-order valence-electron chi connectivity index (χ2n) is 3.69. The summed E-state index contributed by atoms with van der Waals surface area (Å²) in [4.78, 5) is 17.6. The lowest BCUT2D eigenvalue weighted by Crippen LogP contribution is -2.32. The normalized spacial score (nSPS) is 10.1. The predicted molar refractivity (Wildman–Crippen MR) is 62.4 cm³/mol. The van der Waals surface area contributed by atoms with Crippen molar-refractivity contribution in [3.8, 4) is 5.75 Å². The minimum Gasteiger partial charge on any atom is -0.505 e. The highest BCUT2D eigenvalue weighted by Crippen LogP contribution is 2.16. The van der Waals surface area contributed by atoms with Crippen LogP contribution in [0.5, 0.6) is 5.75 Å². The Hall–Kier alpha value is -1.58. The van der Waals surface area contributed by atoms with E-state index in [9.17, 15) is 9.90 Å². The zero-order chi connectivity index (χ0) is 12.0. The van der Waals surface area contributed by atoms with Crippen LogP contribution in [0.4, 0.5) is 0 Å². The van der Waals surface area contributed by atoms with Crippen LogP contribution in [0.25, 0.3) is 0 Å². The summed E-state index contributed by atoms with van der Waals surface area (Å²) >= 11 is 0. The summed E-state index contributed by atoms with van der Waals surface area (Å²) in [5.41, 5.74) is 0.330. The van der Waals surface area contributed by atoms with Gasteiger partial charge in [-0.25, -0.2) is 0 Å². The first-order valence-electron chi connectivity index (χ1n) is 5.63. The molecule has 0 bridgehead atoms. The molecule has 0 spiro atoms. The van der Waals surface area contributed by atoms with Crippen molar-refractivity contribution in [1.29, 1.82) is 0 Å². The Kier molecular flexibility index (Phi) is 4.76. The van der Waals surface area contributed by atoms with Crippen LogP contribution < -0.4 is 0 Å². The summed E-state index contributed by atoms with van der Waals surface area (Å²) in [6.07, 6.45) is 4.64. The summed E-state index contributed by atoms with van der Waals surface area (Å²) in [6.45, 7) is 5.49. The summed E-state index contributed by atoms with van der Waals surface area (Å²) in [5.74, 6) is -0.173. The van der Waals surface area contributed by atoms with Crippen LogP contribution in [0.3, 0.4) is 0 Å². The third kappa shape index (κ3) is 2.95. The van der Waals surface area contributed by atoms with Crippen LogP contribution in [-0.4, -0.2) is 34.0 Å². The van der Waals surface area contributed by atoms with E-state index in [1.807, 2.05) is 13.8 Å². The van der Waals surface area contributed by atoms with Crippen LogP contribution in [0.1, 0.15) is 37.0 Å². The Morgan fingerprint density at radius 2 is 2.00 bits per heavy atom. The standard InChI is InChI=1S/C12H18N2O2/c1-3-7-14(8-4-2)12(16)10-5-6-13-9-11(10)15/h5-6,9,15H,3-4,7-8H2,1-2H3. The highest BCUT2D eigenvalue weighted by molar-refractivity contribution is 5.96. The van der Waals surface area contributed by atoms with E-state index in [4.69, 9.17) is 0 Å². The molecule has 0 aliphatic heterocycles. The van der Waals surface area contributed by atoms with E-state index in [2.05, 4.69) is 4.98 Å². The molecule has 0 atom stereocenters. The average molecular weight is 222 g/mol. The van der Waals surface area contributed by atoms with Crippen LogP contribution in [-0.2, 0) is 0 Å². The van der Waals surface area contributed by atoms with Gasteiger partial charge in [0.1, 0.15) is 5.75 Å². The van der Waals surface area contributed by atoms with E-state index in [1.54, 1.807) is 11.0 Å². The number of hydrogen-bond donors (Lipinski definition) is 1. The summed E-state index contributed by atoms with van der Waals surface area (Å²) in [5, 5.41) is 9.56. The largest absolute Gasteiger partial charge is 0.505 e. The first kappa shape index (κ1) is 12.5. The Labute approximate surface area is 95.9 Å². The van der Waals surface area contributed by atoms with Gasteiger partial charge in [0.25, 0.3) is 5.91 Å². The van der Waals surface area contributed by atoms with Crippen molar-refractivity contribution in [2.75, 3.05) is 13.1 Å². The van der Waals surface area contributed by atoms with Crippen molar-refractivity contribution < 1.29 is 9.90 Å². The summed E-state index contributed by atoms with van der Waals surface area (Å²) in [7, 11) is 0. The van der Waals surface area contributed by atoms with Crippen molar-refractivity contribution >= 4 is 5.91 Å². The van der Waals surface area contributed by atoms with Gasteiger partial charge in [0.15, 0.2) is 0 Å². The fraction of sp³-hybridized carbons (Fsp3) is 0.500. The van der Waals surface area contributed by atoms with Crippen LogP contribution in [0.2, 0.25) is 0 Å². The lowest BCUT2D eigenvalue weighted by Gasteiger charge is -2.21. The number of rotatable bonds is 5. The van der Waals surface area contributed by atoms with Gasteiger partial charge in [0.05, 0.1) is 11.8 Å². The molecule has 0 saturated carbocycles. The second-order valence-corrected chi connectivity index (χ2v) is 3.69. The maximum absolute atomic E-state index is 12.1. The summed E-state index contributed by atoms with van der Waals surface area (Å²) < 4.78 is 0. The SMILES string of the molecule is CCCN(CCC)C(=O)c1ccncc1O. The highest BCUT2D eigenvalue weighted by atomic mass is 16.3. The van der Waals surface area contributed by atoms with Gasteiger partial charge in [0.2, 0.25) is 0 Å². The number of hydrogen-bond acceptors (Lipinski definition) is 3. The Morgan fingerprint density at radius 3 is 2.50 bits per heavy atom. The van der Waals surface area contributed by atoms with E-state index in [0.717, 1.165) is 12.8 Å². The number of carbonyl (C=O) groups excluding carboxylic acids is 1. The molecule has 1 heterocycles. The minimum atomic E-state index is -0.122. The zero-order valence-electron chi connectivity index (χ0n) is 9.81. The topological polar surface area (TPSA) is 53.4 Å². The molecule has 0 fully saturated rings. The molecule has 0 aromatic carbocycles. The molecule has 4 heteroatoms. The lowest BCUT2D eigenvalue weighted by atomic mass is 10.2. The molecule has 1 aromatic rings. The summed E-state index contributed by atoms with van der Waals surface area (Å²) in [6, 6.07) is 1.55. The molecule has 1 rings (SSSR count). The third-order valence-electron chi connectivity index (χ3n) is 2.30. The first-order valence-corrected chi connectivity index (χ1v) is 5.63. The van der Waals surface area contributed by atoms with Crippen molar-refractivity contribution in [3.05, 3.63) is 24.0 Å². The molecular formula is C12H18N2O2. The zero-order valence-corrected chi connectivity index (χ0v) is 9.81. The van der Waals surface area contributed by atoms with Crippen LogP contribution >= 0.6 is 0 Å². The van der Waals surface area contributed by atoms with E-state index in [0.29, 0.717) is 18.7 Å². The average Bonchev–Trinajstić information content (AvgIpc) is 2.28. The van der Waals surface area contributed by atoms with Crippen molar-refractivity contribution in [2.45, 2.75) is 26.7 Å². The Balaban J connectivity index is 2.85. The first-order chi connectivity index (χ1) is 7.70. The van der Waals surface area contributed by atoms with Crippen molar-refractivity contribution in [3.63, 3.8) is 0 Å². The molecule has 4 nitrogen and oxygen atoms in total. The molecule has 0 unspecified atom stereocenters. The van der Waals surface area contributed by atoms with Gasteiger partial charge in [-0.1, -0.05) is 13.8 Å². The van der Waals surface area contributed by atoms with Gasteiger partial charge >= 0.3 is 0 Å². The van der Waals surface area contributed by atoms with Gasteiger partial charge < -0.3 is 10.0 Å². The smallest absolute Gasteiger partial charge is 0.257 e. The molecule has 1 aromatic heterocycles. The fourth-order valence-electron chi connectivity index (χ4n) is 1.59. The molecule has 0 aliphatic carbocycles. The van der Waals surface area contributed by atoms with Crippen molar-refractivity contribution in [1.82, 2.24) is 9.88 Å². The fourth-order valence-corrected chi connectivity index (χ4v) is 1.59.